The fourth-order valence-corrected chi connectivity index (χ4v) is 4.66. The average molecular weight is 360 g/mol. The van der Waals surface area contributed by atoms with Crippen LogP contribution in [0.15, 0.2) is 59.1 Å². The summed E-state index contributed by atoms with van der Waals surface area (Å²) in [5.74, 6) is 0.912. The maximum atomic E-state index is 12.9. The molecule has 2 aromatic rings. The molecule has 4 heteroatoms. The standard InChI is InChI=1S/C23H20O4/c24-15-7-3-8-16(25)21(15)23-20-14-6-2-1-5-13(14)11-12-19(20)27-18-10-4-9-17(26)22(18)23/h1-2,5-6,11-12,23-24H,3-4,7-10H2. The molecule has 0 spiro atoms. The Balaban J connectivity index is 1.85. The average Bonchev–Trinajstić information content (AvgIpc) is 2.67. The number of fused-ring (bicyclic) bond motifs is 3. The predicted molar refractivity (Wildman–Crippen MR) is 102 cm³/mol. The van der Waals surface area contributed by atoms with E-state index in [4.69, 9.17) is 4.74 Å². The van der Waals surface area contributed by atoms with E-state index in [1.807, 2.05) is 36.4 Å². The maximum absolute atomic E-state index is 12.9. The topological polar surface area (TPSA) is 63.6 Å². The summed E-state index contributed by atoms with van der Waals surface area (Å²) in [5.41, 5.74) is 1.80. The normalized spacial score (nSPS) is 22.6. The molecule has 2 aliphatic carbocycles. The molecule has 0 bridgehead atoms. The third-order valence-electron chi connectivity index (χ3n) is 5.87. The van der Waals surface area contributed by atoms with Crippen LogP contribution < -0.4 is 4.74 Å². The fourth-order valence-electron chi connectivity index (χ4n) is 4.66. The molecule has 0 fully saturated rings. The van der Waals surface area contributed by atoms with Gasteiger partial charge in [-0.2, -0.15) is 0 Å². The third-order valence-corrected chi connectivity index (χ3v) is 5.87. The zero-order chi connectivity index (χ0) is 18.5. The van der Waals surface area contributed by atoms with Gasteiger partial charge in [0.05, 0.1) is 11.7 Å². The maximum Gasteiger partial charge on any atom is 0.163 e. The number of ketones is 2. The largest absolute Gasteiger partial charge is 0.512 e. The lowest BCUT2D eigenvalue weighted by Gasteiger charge is -2.35. The Kier molecular flexibility index (Phi) is 3.67. The van der Waals surface area contributed by atoms with Gasteiger partial charge in [0.2, 0.25) is 0 Å². The van der Waals surface area contributed by atoms with Gasteiger partial charge in [0.1, 0.15) is 11.5 Å². The minimum atomic E-state index is -0.532. The molecule has 1 unspecified atom stereocenters. The molecule has 1 heterocycles. The van der Waals surface area contributed by atoms with E-state index in [0.717, 1.165) is 22.8 Å². The molecule has 3 aliphatic rings. The summed E-state index contributed by atoms with van der Waals surface area (Å²) in [5, 5.41) is 12.6. The van der Waals surface area contributed by atoms with Crippen LogP contribution in [0.4, 0.5) is 0 Å². The molecule has 136 valence electrons. The van der Waals surface area contributed by atoms with Crippen LogP contribution in [-0.2, 0) is 9.59 Å². The van der Waals surface area contributed by atoms with Crippen LogP contribution in [0.3, 0.4) is 0 Å². The van der Waals surface area contributed by atoms with Gasteiger partial charge >= 0.3 is 0 Å². The molecule has 0 saturated carbocycles. The van der Waals surface area contributed by atoms with Gasteiger partial charge in [-0.1, -0.05) is 30.3 Å². The second kappa shape index (κ2) is 6.08. The Labute approximate surface area is 157 Å². The van der Waals surface area contributed by atoms with E-state index in [1.165, 1.54) is 0 Å². The zero-order valence-electron chi connectivity index (χ0n) is 15.0. The van der Waals surface area contributed by atoms with Gasteiger partial charge in [-0.15, -0.1) is 0 Å². The molecular formula is C23H20O4. The highest BCUT2D eigenvalue weighted by atomic mass is 16.5. The molecule has 1 atom stereocenters. The number of Topliss-reactive ketones (excluding diaryl/α,β-unsaturated/α-hetero) is 2. The molecule has 2 aromatic carbocycles. The van der Waals surface area contributed by atoms with E-state index in [9.17, 15) is 14.7 Å². The molecule has 0 radical (unpaired) electrons. The van der Waals surface area contributed by atoms with Crippen molar-refractivity contribution in [1.82, 2.24) is 0 Å². The number of hydrogen-bond acceptors (Lipinski definition) is 4. The molecule has 0 saturated heterocycles. The van der Waals surface area contributed by atoms with E-state index < -0.39 is 5.92 Å². The third kappa shape index (κ3) is 2.43. The SMILES string of the molecule is O=C1CCCC(O)=C1C1C2=C(CCCC2=O)Oc2ccc3ccccc3c21. The van der Waals surface area contributed by atoms with E-state index in [0.29, 0.717) is 54.8 Å². The fraction of sp³-hybridized carbons (Fsp3) is 0.304. The number of benzene rings is 2. The summed E-state index contributed by atoms with van der Waals surface area (Å²) in [7, 11) is 0. The Morgan fingerprint density at radius 1 is 0.852 bits per heavy atom. The van der Waals surface area contributed by atoms with E-state index in [-0.39, 0.29) is 17.3 Å². The molecule has 0 amide bonds. The van der Waals surface area contributed by atoms with Crippen molar-refractivity contribution in [3.05, 3.63) is 64.6 Å². The molecule has 1 aliphatic heterocycles. The van der Waals surface area contributed by atoms with Crippen LogP contribution in [0.2, 0.25) is 0 Å². The minimum Gasteiger partial charge on any atom is -0.512 e. The van der Waals surface area contributed by atoms with Crippen molar-refractivity contribution in [3.8, 4) is 5.75 Å². The van der Waals surface area contributed by atoms with Crippen LogP contribution in [-0.4, -0.2) is 16.7 Å². The monoisotopic (exact) mass is 360 g/mol. The van der Waals surface area contributed by atoms with E-state index in [2.05, 4.69) is 0 Å². The van der Waals surface area contributed by atoms with Crippen molar-refractivity contribution >= 4 is 22.3 Å². The van der Waals surface area contributed by atoms with E-state index in [1.54, 1.807) is 0 Å². The molecule has 1 N–H and O–H groups in total. The van der Waals surface area contributed by atoms with Crippen molar-refractivity contribution < 1.29 is 19.4 Å². The number of rotatable bonds is 1. The van der Waals surface area contributed by atoms with Crippen LogP contribution >= 0.6 is 0 Å². The van der Waals surface area contributed by atoms with Gasteiger partial charge in [0, 0.05) is 42.4 Å². The minimum absolute atomic E-state index is 0.0264. The lowest BCUT2D eigenvalue weighted by Crippen LogP contribution is -2.29. The number of carbonyl (C=O) groups excluding carboxylic acids is 2. The van der Waals surface area contributed by atoms with Crippen molar-refractivity contribution in [2.24, 2.45) is 0 Å². The van der Waals surface area contributed by atoms with Crippen LogP contribution in [0.1, 0.15) is 50.0 Å². The lowest BCUT2D eigenvalue weighted by atomic mass is 9.72. The van der Waals surface area contributed by atoms with Crippen LogP contribution in [0, 0.1) is 0 Å². The van der Waals surface area contributed by atoms with E-state index >= 15 is 0 Å². The second-order valence-corrected chi connectivity index (χ2v) is 7.48. The highest BCUT2D eigenvalue weighted by Gasteiger charge is 2.42. The summed E-state index contributed by atoms with van der Waals surface area (Å²) in [6.45, 7) is 0. The second-order valence-electron chi connectivity index (χ2n) is 7.48. The first-order chi connectivity index (χ1) is 13.1. The molecule has 5 rings (SSSR count). The first kappa shape index (κ1) is 16.3. The Morgan fingerprint density at radius 3 is 2.41 bits per heavy atom. The molecule has 4 nitrogen and oxygen atoms in total. The van der Waals surface area contributed by atoms with Crippen LogP contribution in [0.5, 0.6) is 5.75 Å². The van der Waals surface area contributed by atoms with Crippen molar-refractivity contribution in [3.63, 3.8) is 0 Å². The zero-order valence-corrected chi connectivity index (χ0v) is 15.0. The van der Waals surface area contributed by atoms with Gasteiger partial charge in [-0.3, -0.25) is 9.59 Å². The highest BCUT2D eigenvalue weighted by molar-refractivity contribution is 6.07. The summed E-state index contributed by atoms with van der Waals surface area (Å²) >= 11 is 0. The summed E-state index contributed by atoms with van der Waals surface area (Å²) in [4.78, 5) is 25.7. The molecule has 0 aromatic heterocycles. The molecule has 27 heavy (non-hydrogen) atoms. The van der Waals surface area contributed by atoms with Crippen molar-refractivity contribution in [1.29, 1.82) is 0 Å². The Morgan fingerprint density at radius 2 is 1.59 bits per heavy atom. The highest BCUT2D eigenvalue weighted by Crippen LogP contribution is 2.51. The van der Waals surface area contributed by atoms with Gasteiger partial charge < -0.3 is 9.84 Å². The lowest BCUT2D eigenvalue weighted by molar-refractivity contribution is -0.117. The van der Waals surface area contributed by atoms with Gasteiger partial charge in [-0.25, -0.2) is 0 Å². The summed E-state index contributed by atoms with van der Waals surface area (Å²) in [6.07, 6.45) is 3.45. The number of aliphatic hydroxyl groups excluding tert-OH is 1. The first-order valence-corrected chi connectivity index (χ1v) is 9.56. The smallest absolute Gasteiger partial charge is 0.163 e. The summed E-state index contributed by atoms with van der Waals surface area (Å²) in [6, 6.07) is 11.8. The predicted octanol–water partition coefficient (Wildman–Crippen LogP) is 4.89. The number of carbonyl (C=O) groups is 2. The van der Waals surface area contributed by atoms with Gasteiger partial charge in [0.25, 0.3) is 0 Å². The van der Waals surface area contributed by atoms with Crippen molar-refractivity contribution in [2.45, 2.75) is 44.4 Å². The number of aliphatic hydroxyl groups is 1. The molecular weight excluding hydrogens is 340 g/mol. The van der Waals surface area contributed by atoms with Crippen LogP contribution in [0.25, 0.3) is 10.8 Å². The summed E-state index contributed by atoms with van der Waals surface area (Å²) < 4.78 is 6.15. The quantitative estimate of drug-likeness (QED) is 0.786. The Hall–Kier alpha value is -2.88. The number of allylic oxidation sites excluding steroid dienone is 4. The number of ether oxygens (including phenoxy) is 1. The van der Waals surface area contributed by atoms with Crippen molar-refractivity contribution in [2.75, 3.05) is 0 Å². The van der Waals surface area contributed by atoms with Gasteiger partial charge in [-0.05, 0) is 29.7 Å². The van der Waals surface area contributed by atoms with Gasteiger partial charge in [0.15, 0.2) is 11.6 Å². The Bertz CT molecular complexity index is 1060. The first-order valence-electron chi connectivity index (χ1n) is 9.56. The number of hydrogen-bond donors (Lipinski definition) is 1.